The van der Waals surface area contributed by atoms with Crippen LogP contribution in [0.1, 0.15) is 18.6 Å². The van der Waals surface area contributed by atoms with Crippen molar-refractivity contribution in [1.82, 2.24) is 5.32 Å². The van der Waals surface area contributed by atoms with Crippen molar-refractivity contribution in [3.8, 4) is 5.75 Å². The van der Waals surface area contributed by atoms with Crippen LogP contribution >= 0.6 is 0 Å². The molecule has 2 aromatic rings. The fourth-order valence-electron chi connectivity index (χ4n) is 2.73. The summed E-state index contributed by atoms with van der Waals surface area (Å²) in [4.78, 5) is 37.6. The molecule has 136 valence electrons. The second-order valence-corrected chi connectivity index (χ2v) is 5.75. The van der Waals surface area contributed by atoms with E-state index in [0.29, 0.717) is 35.9 Å². The second-order valence-electron chi connectivity index (χ2n) is 5.75. The molecule has 1 fully saturated rings. The zero-order valence-corrected chi connectivity index (χ0v) is 14.3. The topological polar surface area (TPSA) is 101 Å². The summed E-state index contributed by atoms with van der Waals surface area (Å²) in [5.41, 5.74) is 0.974. The third kappa shape index (κ3) is 3.85. The highest BCUT2D eigenvalue weighted by molar-refractivity contribution is 6.39. The Morgan fingerprint density at radius 3 is 2.77 bits per heavy atom. The van der Waals surface area contributed by atoms with E-state index in [1.165, 1.54) is 13.4 Å². The van der Waals surface area contributed by atoms with Crippen molar-refractivity contribution >= 4 is 29.1 Å². The molecule has 1 aliphatic rings. The number of hydrogen-bond acceptors (Lipinski definition) is 5. The Kier molecular flexibility index (Phi) is 5.21. The number of nitrogens with one attached hydrogen (secondary N) is 2. The number of ether oxygens (including phenoxy) is 1. The molecule has 3 rings (SSSR count). The van der Waals surface area contributed by atoms with Crippen molar-refractivity contribution in [3.05, 3.63) is 42.4 Å². The number of carbonyl (C=O) groups is 3. The smallest absolute Gasteiger partial charge is 0.313 e. The lowest BCUT2D eigenvalue weighted by molar-refractivity contribution is -0.136. The summed E-state index contributed by atoms with van der Waals surface area (Å²) < 4.78 is 10.4. The molecule has 1 aliphatic heterocycles. The first-order chi connectivity index (χ1) is 12.6. The number of amides is 3. The lowest BCUT2D eigenvalue weighted by atomic mass is 10.2. The van der Waals surface area contributed by atoms with Crippen molar-refractivity contribution in [3.63, 3.8) is 0 Å². The molecule has 0 saturated carbocycles. The third-order valence-corrected chi connectivity index (χ3v) is 4.01. The molecule has 1 aromatic heterocycles. The van der Waals surface area contributed by atoms with Crippen LogP contribution in [0.2, 0.25) is 0 Å². The molecule has 2 heterocycles. The molecule has 8 nitrogen and oxygen atoms in total. The molecular weight excluding hydrogens is 338 g/mol. The zero-order chi connectivity index (χ0) is 18.5. The molecule has 1 aromatic carbocycles. The monoisotopic (exact) mass is 357 g/mol. The maximum atomic E-state index is 12.1. The van der Waals surface area contributed by atoms with Gasteiger partial charge in [0.25, 0.3) is 0 Å². The average Bonchev–Trinajstić information content (AvgIpc) is 3.31. The minimum Gasteiger partial charge on any atom is -0.495 e. The van der Waals surface area contributed by atoms with E-state index in [2.05, 4.69) is 10.6 Å². The highest BCUT2D eigenvalue weighted by Crippen LogP contribution is 2.33. The molecule has 2 N–H and O–H groups in total. The quantitative estimate of drug-likeness (QED) is 0.793. The van der Waals surface area contributed by atoms with Crippen molar-refractivity contribution in [1.29, 1.82) is 0 Å². The fraction of sp³-hybridized carbons (Fsp3) is 0.278. The lowest BCUT2D eigenvalue weighted by Gasteiger charge is -2.20. The van der Waals surface area contributed by atoms with E-state index < -0.39 is 11.8 Å². The van der Waals surface area contributed by atoms with Crippen molar-refractivity contribution in [2.45, 2.75) is 19.4 Å². The van der Waals surface area contributed by atoms with Gasteiger partial charge in [-0.15, -0.1) is 0 Å². The molecule has 26 heavy (non-hydrogen) atoms. The van der Waals surface area contributed by atoms with Gasteiger partial charge in [0, 0.05) is 18.7 Å². The van der Waals surface area contributed by atoms with E-state index in [4.69, 9.17) is 9.15 Å². The molecule has 0 radical (unpaired) electrons. The molecule has 0 bridgehead atoms. The number of benzene rings is 1. The van der Waals surface area contributed by atoms with Gasteiger partial charge in [-0.05, 0) is 36.8 Å². The Hall–Kier alpha value is -3.29. The van der Waals surface area contributed by atoms with E-state index in [1.807, 2.05) is 0 Å². The van der Waals surface area contributed by atoms with Gasteiger partial charge in [0.15, 0.2) is 0 Å². The Morgan fingerprint density at radius 2 is 2.12 bits per heavy atom. The molecule has 8 heteroatoms. The van der Waals surface area contributed by atoms with Gasteiger partial charge in [-0.1, -0.05) is 0 Å². The van der Waals surface area contributed by atoms with E-state index in [0.717, 1.165) is 6.42 Å². The summed E-state index contributed by atoms with van der Waals surface area (Å²) in [6.07, 6.45) is 2.74. The minimum atomic E-state index is -0.805. The summed E-state index contributed by atoms with van der Waals surface area (Å²) in [6, 6.07) is 8.28. The maximum Gasteiger partial charge on any atom is 0.313 e. The maximum absolute atomic E-state index is 12.1. The van der Waals surface area contributed by atoms with E-state index in [1.54, 1.807) is 35.2 Å². The largest absolute Gasteiger partial charge is 0.495 e. The number of anilines is 2. The molecule has 0 unspecified atom stereocenters. The number of nitrogens with zero attached hydrogens (tertiary/aromatic N) is 1. The molecular formula is C18H19N3O5. The highest BCUT2D eigenvalue weighted by atomic mass is 16.5. The Labute approximate surface area is 150 Å². The number of methoxy groups -OCH3 is 1. The van der Waals surface area contributed by atoms with Crippen LogP contribution in [0.3, 0.4) is 0 Å². The van der Waals surface area contributed by atoms with Crippen LogP contribution in [0.4, 0.5) is 11.4 Å². The molecule has 0 aliphatic carbocycles. The van der Waals surface area contributed by atoms with Crippen LogP contribution in [-0.2, 0) is 20.9 Å². The summed E-state index contributed by atoms with van der Waals surface area (Å²) in [7, 11) is 1.51. The third-order valence-electron chi connectivity index (χ3n) is 4.01. The summed E-state index contributed by atoms with van der Waals surface area (Å²) in [5.74, 6) is -0.509. The zero-order valence-electron chi connectivity index (χ0n) is 14.3. The van der Waals surface area contributed by atoms with Crippen LogP contribution in [0.5, 0.6) is 5.75 Å². The van der Waals surface area contributed by atoms with Crippen LogP contribution in [-0.4, -0.2) is 31.4 Å². The number of furan rings is 1. The Morgan fingerprint density at radius 1 is 1.27 bits per heavy atom. The molecule has 0 atom stereocenters. The molecule has 0 spiro atoms. The van der Waals surface area contributed by atoms with Gasteiger partial charge in [0.1, 0.15) is 11.5 Å². The SMILES string of the molecule is COc1ccc(NC(=O)C(=O)NCc2ccco2)cc1N1CCCC1=O. The van der Waals surface area contributed by atoms with Gasteiger partial charge in [0.05, 0.1) is 25.6 Å². The standard InChI is InChI=1S/C18H19N3O5/c1-25-15-7-6-12(10-14(15)21-8-2-5-16(21)22)20-18(24)17(23)19-11-13-4-3-9-26-13/h3-4,6-7,9-10H,2,5,8,11H2,1H3,(H,19,23)(H,20,24). The summed E-state index contributed by atoms with van der Waals surface area (Å²) in [6.45, 7) is 0.714. The Balaban J connectivity index is 1.67. The van der Waals surface area contributed by atoms with Crippen molar-refractivity contribution in [2.24, 2.45) is 0 Å². The predicted molar refractivity (Wildman–Crippen MR) is 93.8 cm³/mol. The van der Waals surface area contributed by atoms with Crippen molar-refractivity contribution in [2.75, 3.05) is 23.9 Å². The first-order valence-electron chi connectivity index (χ1n) is 8.18. The molecule has 1 saturated heterocycles. The van der Waals surface area contributed by atoms with Crippen LogP contribution in [0.25, 0.3) is 0 Å². The number of rotatable bonds is 5. The lowest BCUT2D eigenvalue weighted by Crippen LogP contribution is -2.35. The highest BCUT2D eigenvalue weighted by Gasteiger charge is 2.25. The average molecular weight is 357 g/mol. The van der Waals surface area contributed by atoms with Gasteiger partial charge in [-0.2, -0.15) is 0 Å². The first-order valence-corrected chi connectivity index (χ1v) is 8.18. The van der Waals surface area contributed by atoms with Gasteiger partial charge in [0.2, 0.25) is 5.91 Å². The summed E-state index contributed by atoms with van der Waals surface area (Å²) in [5, 5.41) is 5.00. The Bertz CT molecular complexity index is 816. The second kappa shape index (κ2) is 7.73. The normalized spacial score (nSPS) is 13.6. The summed E-state index contributed by atoms with van der Waals surface area (Å²) >= 11 is 0. The van der Waals surface area contributed by atoms with E-state index in [9.17, 15) is 14.4 Å². The number of carbonyl (C=O) groups excluding carboxylic acids is 3. The van der Waals surface area contributed by atoms with Gasteiger partial charge < -0.3 is 24.7 Å². The number of hydrogen-bond donors (Lipinski definition) is 2. The van der Waals surface area contributed by atoms with Crippen LogP contribution in [0, 0.1) is 0 Å². The minimum absolute atomic E-state index is 0.00275. The predicted octanol–water partition coefficient (Wildman–Crippen LogP) is 1.67. The van der Waals surface area contributed by atoms with Gasteiger partial charge in [-0.3, -0.25) is 14.4 Å². The first kappa shape index (κ1) is 17.5. The van der Waals surface area contributed by atoms with Gasteiger partial charge >= 0.3 is 11.8 Å². The van der Waals surface area contributed by atoms with E-state index >= 15 is 0 Å². The fourth-order valence-corrected chi connectivity index (χ4v) is 2.73. The molecule has 3 amide bonds. The van der Waals surface area contributed by atoms with Gasteiger partial charge in [-0.25, -0.2) is 0 Å². The van der Waals surface area contributed by atoms with Crippen LogP contribution < -0.4 is 20.3 Å². The van der Waals surface area contributed by atoms with E-state index in [-0.39, 0.29) is 12.5 Å². The van der Waals surface area contributed by atoms with Crippen LogP contribution in [0.15, 0.2) is 41.0 Å². The van der Waals surface area contributed by atoms with Crippen molar-refractivity contribution < 1.29 is 23.5 Å².